The number of ether oxygens (including phenoxy) is 1. The Morgan fingerprint density at radius 3 is 1.39 bits per heavy atom. The van der Waals surface area contributed by atoms with E-state index in [2.05, 4.69) is 176 Å². The van der Waals surface area contributed by atoms with Gasteiger partial charge in [0.2, 0.25) is 0 Å². The summed E-state index contributed by atoms with van der Waals surface area (Å²) >= 11 is 0. The molecule has 0 saturated heterocycles. The molecule has 0 fully saturated rings. The molecule has 0 amide bonds. The third kappa shape index (κ3) is 4.33. The van der Waals surface area contributed by atoms with E-state index in [1.54, 1.807) is 0 Å². The highest BCUT2D eigenvalue weighted by molar-refractivity contribution is 6.24. The molecule has 0 bridgehead atoms. The molecule has 0 saturated carbocycles. The molecule has 0 spiro atoms. The van der Waals surface area contributed by atoms with E-state index in [0.717, 1.165) is 17.1 Å². The van der Waals surface area contributed by atoms with Gasteiger partial charge < -0.3 is 4.74 Å². The molecule has 228 valence electrons. The van der Waals surface area contributed by atoms with Crippen LogP contribution in [-0.2, 0) is 0 Å². The highest BCUT2D eigenvalue weighted by Gasteiger charge is 2.23. The van der Waals surface area contributed by atoms with E-state index in [1.165, 1.54) is 82.4 Å². The summed E-state index contributed by atoms with van der Waals surface area (Å²) in [6.45, 7) is 0. The summed E-state index contributed by atoms with van der Waals surface area (Å²) in [6.07, 6.45) is 0. The summed E-state index contributed by atoms with van der Waals surface area (Å²) in [6, 6.07) is 65.7. The zero-order chi connectivity index (χ0) is 32.3. The van der Waals surface area contributed by atoms with Gasteiger partial charge in [-0.25, -0.2) is 0 Å². The Hall–Kier alpha value is -6.44. The van der Waals surface area contributed by atoms with Crippen LogP contribution in [0.2, 0.25) is 0 Å². The van der Waals surface area contributed by atoms with Crippen molar-refractivity contribution in [3.05, 3.63) is 182 Å². The summed E-state index contributed by atoms with van der Waals surface area (Å²) in [4.78, 5) is 0. The zero-order valence-electron chi connectivity index (χ0n) is 26.7. The highest BCUT2D eigenvalue weighted by atomic mass is 16.5. The third-order valence-corrected chi connectivity index (χ3v) is 10.1. The molecule has 0 atom stereocenters. The summed E-state index contributed by atoms with van der Waals surface area (Å²) in [5, 5.41) is 7.35. The van der Waals surface area contributed by atoms with Gasteiger partial charge in [0.25, 0.3) is 0 Å². The SMILES string of the molecule is c1ccc(-c2ccccc2-c2ccc(-c3c4ccccc4c(-c4ccc5c6c(cccc46)Oc4ccccc4-5)c4ccccc34)cc2)cc1. The van der Waals surface area contributed by atoms with Crippen molar-refractivity contribution in [2.45, 2.75) is 0 Å². The van der Waals surface area contributed by atoms with Crippen molar-refractivity contribution in [3.63, 3.8) is 0 Å². The second-order valence-corrected chi connectivity index (χ2v) is 12.8. The Kier molecular flexibility index (Phi) is 6.25. The maximum atomic E-state index is 6.47. The van der Waals surface area contributed by atoms with Gasteiger partial charge in [-0.3, -0.25) is 0 Å². The minimum absolute atomic E-state index is 0.907. The number of fused-ring (bicyclic) bond motifs is 4. The van der Waals surface area contributed by atoms with E-state index in [9.17, 15) is 0 Å². The number of rotatable bonds is 4. The van der Waals surface area contributed by atoms with Gasteiger partial charge in [-0.2, -0.15) is 0 Å². The largest absolute Gasteiger partial charge is 0.456 e. The fourth-order valence-corrected chi connectivity index (χ4v) is 7.95. The molecule has 49 heavy (non-hydrogen) atoms. The summed E-state index contributed by atoms with van der Waals surface area (Å²) < 4.78 is 6.47. The minimum Gasteiger partial charge on any atom is -0.456 e. The molecular weight excluding hydrogens is 593 g/mol. The molecule has 1 heterocycles. The molecule has 0 aromatic heterocycles. The second-order valence-electron chi connectivity index (χ2n) is 12.8. The van der Waals surface area contributed by atoms with Crippen LogP contribution in [0.1, 0.15) is 0 Å². The van der Waals surface area contributed by atoms with E-state index in [-0.39, 0.29) is 0 Å². The van der Waals surface area contributed by atoms with Crippen LogP contribution in [0.5, 0.6) is 11.5 Å². The Morgan fingerprint density at radius 2 is 0.714 bits per heavy atom. The van der Waals surface area contributed by atoms with Crippen molar-refractivity contribution < 1.29 is 4.74 Å². The van der Waals surface area contributed by atoms with Crippen LogP contribution < -0.4 is 4.74 Å². The topological polar surface area (TPSA) is 9.23 Å². The van der Waals surface area contributed by atoms with Gasteiger partial charge >= 0.3 is 0 Å². The van der Waals surface area contributed by atoms with Crippen molar-refractivity contribution in [1.29, 1.82) is 0 Å². The lowest BCUT2D eigenvalue weighted by Gasteiger charge is -2.24. The van der Waals surface area contributed by atoms with Gasteiger partial charge in [-0.1, -0.05) is 170 Å². The molecule has 1 nitrogen and oxygen atoms in total. The van der Waals surface area contributed by atoms with E-state index < -0.39 is 0 Å². The van der Waals surface area contributed by atoms with Crippen LogP contribution in [0.15, 0.2) is 182 Å². The molecule has 1 aliphatic rings. The Morgan fingerprint density at radius 1 is 0.245 bits per heavy atom. The lowest BCUT2D eigenvalue weighted by Crippen LogP contribution is -1.98. The van der Waals surface area contributed by atoms with E-state index in [4.69, 9.17) is 4.74 Å². The Bertz CT molecular complexity index is 2660. The number of benzene rings is 9. The smallest absolute Gasteiger partial charge is 0.135 e. The van der Waals surface area contributed by atoms with E-state index in [1.807, 2.05) is 6.07 Å². The fraction of sp³-hybridized carbons (Fsp3) is 0. The third-order valence-electron chi connectivity index (χ3n) is 10.1. The monoisotopic (exact) mass is 622 g/mol. The van der Waals surface area contributed by atoms with Crippen LogP contribution in [-0.4, -0.2) is 0 Å². The van der Waals surface area contributed by atoms with Crippen molar-refractivity contribution in [3.8, 4) is 67.1 Å². The predicted octanol–water partition coefficient (Wildman–Crippen LogP) is 13.6. The Labute approximate surface area is 285 Å². The van der Waals surface area contributed by atoms with Crippen LogP contribution in [0, 0.1) is 0 Å². The standard InChI is InChI=1S/C48H30O/c1-2-13-31(14-3-1)34-15-4-5-16-35(34)32-25-27-33(28-26-32)46-37-18-6-8-20-39(37)47(40-21-9-7-19-38(40)46)43-30-29-42-36-17-10-11-23-44(36)49-45-24-12-22-41(43)48(42)45/h1-30H. The molecule has 9 aromatic rings. The Balaban J connectivity index is 1.19. The molecular formula is C48H30O. The second kappa shape index (κ2) is 11.1. The van der Waals surface area contributed by atoms with E-state index >= 15 is 0 Å². The first-order valence-corrected chi connectivity index (χ1v) is 16.9. The van der Waals surface area contributed by atoms with Crippen molar-refractivity contribution in [2.75, 3.05) is 0 Å². The summed E-state index contributed by atoms with van der Waals surface area (Å²) in [5.74, 6) is 1.82. The lowest BCUT2D eigenvalue weighted by atomic mass is 9.83. The molecule has 0 unspecified atom stereocenters. The fourth-order valence-electron chi connectivity index (χ4n) is 7.95. The maximum Gasteiger partial charge on any atom is 0.135 e. The average molecular weight is 623 g/mol. The molecule has 9 aromatic carbocycles. The van der Waals surface area contributed by atoms with Gasteiger partial charge in [0.05, 0.1) is 0 Å². The van der Waals surface area contributed by atoms with Crippen LogP contribution in [0.3, 0.4) is 0 Å². The number of hydrogen-bond donors (Lipinski definition) is 0. The number of hydrogen-bond acceptors (Lipinski definition) is 1. The van der Waals surface area contributed by atoms with Gasteiger partial charge in [0.15, 0.2) is 0 Å². The normalized spacial score (nSPS) is 11.8. The highest BCUT2D eigenvalue weighted by Crippen LogP contribution is 2.51. The molecule has 0 aliphatic carbocycles. The van der Waals surface area contributed by atoms with Gasteiger partial charge in [0, 0.05) is 10.9 Å². The van der Waals surface area contributed by atoms with Crippen LogP contribution >= 0.6 is 0 Å². The summed E-state index contributed by atoms with van der Waals surface area (Å²) in [7, 11) is 0. The summed E-state index contributed by atoms with van der Waals surface area (Å²) in [5.41, 5.74) is 12.2. The molecule has 0 N–H and O–H groups in total. The van der Waals surface area contributed by atoms with Crippen molar-refractivity contribution >= 4 is 32.3 Å². The molecule has 1 aliphatic heterocycles. The first-order valence-electron chi connectivity index (χ1n) is 16.9. The number of para-hydroxylation sites is 1. The molecule has 10 rings (SSSR count). The maximum absolute atomic E-state index is 6.47. The predicted molar refractivity (Wildman–Crippen MR) is 206 cm³/mol. The van der Waals surface area contributed by atoms with Gasteiger partial charge in [0.1, 0.15) is 11.5 Å². The van der Waals surface area contributed by atoms with Crippen LogP contribution in [0.4, 0.5) is 0 Å². The van der Waals surface area contributed by atoms with Gasteiger partial charge in [-0.15, -0.1) is 0 Å². The minimum atomic E-state index is 0.907. The van der Waals surface area contributed by atoms with E-state index in [0.29, 0.717) is 0 Å². The zero-order valence-corrected chi connectivity index (χ0v) is 26.7. The molecule has 0 radical (unpaired) electrons. The first kappa shape index (κ1) is 27.7. The molecule has 1 heteroatoms. The first-order chi connectivity index (χ1) is 24.3. The lowest BCUT2D eigenvalue weighted by molar-refractivity contribution is 0.487. The quantitative estimate of drug-likeness (QED) is 0.177. The van der Waals surface area contributed by atoms with Crippen LogP contribution in [0.25, 0.3) is 88.0 Å². The average Bonchev–Trinajstić information content (AvgIpc) is 3.18. The van der Waals surface area contributed by atoms with Crippen molar-refractivity contribution in [2.24, 2.45) is 0 Å². The van der Waals surface area contributed by atoms with Gasteiger partial charge in [-0.05, 0) is 89.1 Å². The van der Waals surface area contributed by atoms with Crippen molar-refractivity contribution in [1.82, 2.24) is 0 Å².